The van der Waals surface area contributed by atoms with Crippen molar-refractivity contribution in [2.24, 2.45) is 5.92 Å². The van der Waals surface area contributed by atoms with Crippen LogP contribution in [0.15, 0.2) is 12.2 Å². The Bertz CT molecular complexity index is 422. The molecule has 0 aliphatic rings. The minimum Gasteiger partial charge on any atom is -0.316 e. The fourth-order valence-electron chi connectivity index (χ4n) is 2.10. The topological polar surface area (TPSA) is 29.9 Å². The van der Waals surface area contributed by atoms with Crippen molar-refractivity contribution in [2.45, 2.75) is 53.5 Å². The third kappa shape index (κ3) is 5.29. The Kier molecular flexibility index (Phi) is 7.93. The highest BCUT2D eigenvalue weighted by Gasteiger charge is 2.12. The van der Waals surface area contributed by atoms with Crippen LogP contribution in [0.5, 0.6) is 0 Å². The standard InChI is InChI=1S/C16H28ClN3/c1-5-14-16(17)15(20(6-2)19-14)10-8-7-9-11-18-12-13(3)4/h7-8,13,18H,5-6,9-12H2,1-4H3. The van der Waals surface area contributed by atoms with E-state index < -0.39 is 0 Å². The molecule has 1 aromatic heterocycles. The first-order valence-corrected chi connectivity index (χ1v) is 8.07. The average molecular weight is 298 g/mol. The number of nitrogens with one attached hydrogen (secondary N) is 1. The van der Waals surface area contributed by atoms with Crippen molar-refractivity contribution in [1.29, 1.82) is 0 Å². The summed E-state index contributed by atoms with van der Waals surface area (Å²) >= 11 is 6.38. The van der Waals surface area contributed by atoms with Crippen molar-refractivity contribution in [3.05, 3.63) is 28.6 Å². The maximum absolute atomic E-state index is 6.38. The number of rotatable bonds is 9. The minimum atomic E-state index is 0.712. The third-order valence-corrected chi connectivity index (χ3v) is 3.65. The first-order chi connectivity index (χ1) is 9.60. The van der Waals surface area contributed by atoms with Gasteiger partial charge in [0.2, 0.25) is 0 Å². The van der Waals surface area contributed by atoms with E-state index in [0.29, 0.717) is 5.92 Å². The molecule has 0 atom stereocenters. The largest absolute Gasteiger partial charge is 0.316 e. The zero-order valence-corrected chi connectivity index (χ0v) is 14.0. The normalized spacial score (nSPS) is 11.9. The van der Waals surface area contributed by atoms with E-state index in [9.17, 15) is 0 Å². The molecule has 20 heavy (non-hydrogen) atoms. The molecule has 0 aliphatic carbocycles. The maximum Gasteiger partial charge on any atom is 0.0853 e. The molecule has 0 spiro atoms. The number of nitrogens with zero attached hydrogens (tertiary/aromatic N) is 2. The van der Waals surface area contributed by atoms with Crippen LogP contribution >= 0.6 is 11.6 Å². The Balaban J connectivity index is 2.43. The Hall–Kier alpha value is -0.800. The quantitative estimate of drug-likeness (QED) is 0.554. The van der Waals surface area contributed by atoms with Crippen LogP contribution in [0.25, 0.3) is 0 Å². The molecule has 0 aliphatic heterocycles. The molecule has 0 unspecified atom stereocenters. The summed E-state index contributed by atoms with van der Waals surface area (Å²) in [4.78, 5) is 0. The molecule has 4 heteroatoms. The fraction of sp³-hybridized carbons (Fsp3) is 0.688. The molecule has 114 valence electrons. The van der Waals surface area contributed by atoms with E-state index in [-0.39, 0.29) is 0 Å². The molecular weight excluding hydrogens is 270 g/mol. The Morgan fingerprint density at radius 2 is 2.05 bits per heavy atom. The van der Waals surface area contributed by atoms with E-state index in [2.05, 4.69) is 50.3 Å². The highest BCUT2D eigenvalue weighted by atomic mass is 35.5. The first-order valence-electron chi connectivity index (χ1n) is 7.69. The number of halogens is 1. The van der Waals surface area contributed by atoms with Crippen molar-refractivity contribution < 1.29 is 0 Å². The van der Waals surface area contributed by atoms with Gasteiger partial charge in [-0.15, -0.1) is 0 Å². The number of aromatic nitrogens is 2. The fourth-order valence-corrected chi connectivity index (χ4v) is 2.45. The van der Waals surface area contributed by atoms with Crippen molar-refractivity contribution in [3.63, 3.8) is 0 Å². The summed E-state index contributed by atoms with van der Waals surface area (Å²) in [5.74, 6) is 0.712. The molecule has 1 heterocycles. The zero-order valence-electron chi connectivity index (χ0n) is 13.2. The number of aryl methyl sites for hydroxylation is 2. The van der Waals surface area contributed by atoms with Crippen molar-refractivity contribution in [2.75, 3.05) is 13.1 Å². The second-order valence-electron chi connectivity index (χ2n) is 5.44. The predicted octanol–water partition coefficient (Wildman–Crippen LogP) is 3.85. The Labute approximate surface area is 128 Å². The van der Waals surface area contributed by atoms with Crippen molar-refractivity contribution >= 4 is 11.6 Å². The van der Waals surface area contributed by atoms with Crippen molar-refractivity contribution in [1.82, 2.24) is 15.1 Å². The molecule has 0 radical (unpaired) electrons. The van der Waals surface area contributed by atoms with Gasteiger partial charge < -0.3 is 5.32 Å². The Morgan fingerprint density at radius 3 is 2.65 bits per heavy atom. The van der Waals surface area contributed by atoms with Gasteiger partial charge in [-0.25, -0.2) is 0 Å². The van der Waals surface area contributed by atoms with Crippen LogP contribution in [0.3, 0.4) is 0 Å². The van der Waals surface area contributed by atoms with Gasteiger partial charge in [-0.2, -0.15) is 5.10 Å². The molecule has 0 bridgehead atoms. The number of hydrogen-bond acceptors (Lipinski definition) is 2. The molecule has 0 saturated carbocycles. The van der Waals surface area contributed by atoms with E-state index in [4.69, 9.17) is 11.6 Å². The van der Waals surface area contributed by atoms with Gasteiger partial charge in [0, 0.05) is 13.0 Å². The second kappa shape index (κ2) is 9.19. The monoisotopic (exact) mass is 297 g/mol. The van der Waals surface area contributed by atoms with Gasteiger partial charge in [0.25, 0.3) is 0 Å². The van der Waals surface area contributed by atoms with Crippen molar-refractivity contribution in [3.8, 4) is 0 Å². The lowest BCUT2D eigenvalue weighted by Gasteiger charge is -2.05. The molecular formula is C16H28ClN3. The highest BCUT2D eigenvalue weighted by molar-refractivity contribution is 6.31. The van der Waals surface area contributed by atoms with Crippen LogP contribution in [0, 0.1) is 5.92 Å². The highest BCUT2D eigenvalue weighted by Crippen LogP contribution is 2.22. The predicted molar refractivity (Wildman–Crippen MR) is 87.5 cm³/mol. The summed E-state index contributed by atoms with van der Waals surface area (Å²) in [5, 5.41) is 8.81. The molecule has 0 fully saturated rings. The summed E-state index contributed by atoms with van der Waals surface area (Å²) in [6, 6.07) is 0. The molecule has 3 nitrogen and oxygen atoms in total. The minimum absolute atomic E-state index is 0.712. The maximum atomic E-state index is 6.38. The summed E-state index contributed by atoms with van der Waals surface area (Å²) in [7, 11) is 0. The molecule has 0 saturated heterocycles. The van der Waals surface area contributed by atoms with E-state index in [1.54, 1.807) is 0 Å². The molecule has 0 aromatic carbocycles. The van der Waals surface area contributed by atoms with Gasteiger partial charge in [0.1, 0.15) is 0 Å². The summed E-state index contributed by atoms with van der Waals surface area (Å²) in [6.07, 6.45) is 7.24. The zero-order chi connectivity index (χ0) is 15.0. The average Bonchev–Trinajstić information content (AvgIpc) is 2.73. The lowest BCUT2D eigenvalue weighted by Crippen LogP contribution is -2.20. The molecule has 1 N–H and O–H groups in total. The van der Waals surface area contributed by atoms with Gasteiger partial charge in [-0.3, -0.25) is 4.68 Å². The van der Waals surface area contributed by atoms with Gasteiger partial charge >= 0.3 is 0 Å². The van der Waals surface area contributed by atoms with Crippen LogP contribution in [-0.4, -0.2) is 22.9 Å². The van der Waals surface area contributed by atoms with Gasteiger partial charge in [-0.1, -0.05) is 44.5 Å². The van der Waals surface area contributed by atoms with E-state index in [1.807, 2.05) is 4.68 Å². The molecule has 0 amide bonds. The van der Waals surface area contributed by atoms with Gasteiger partial charge in [-0.05, 0) is 38.8 Å². The second-order valence-corrected chi connectivity index (χ2v) is 5.82. The smallest absolute Gasteiger partial charge is 0.0853 e. The lowest BCUT2D eigenvalue weighted by molar-refractivity contribution is 0.556. The SMILES string of the molecule is CCc1nn(CC)c(CC=CCCNCC(C)C)c1Cl. The van der Waals surface area contributed by atoms with Gasteiger partial charge in [0.15, 0.2) is 0 Å². The van der Waals surface area contributed by atoms with Crippen LogP contribution in [-0.2, 0) is 19.4 Å². The number of hydrogen-bond donors (Lipinski definition) is 1. The summed E-state index contributed by atoms with van der Waals surface area (Å²) in [5.41, 5.74) is 2.15. The van der Waals surface area contributed by atoms with Crippen LogP contribution in [0.1, 0.15) is 45.5 Å². The summed E-state index contributed by atoms with van der Waals surface area (Å²) in [6.45, 7) is 11.6. The number of allylic oxidation sites excluding steroid dienone is 1. The van der Waals surface area contributed by atoms with Crippen LogP contribution in [0.2, 0.25) is 5.02 Å². The van der Waals surface area contributed by atoms with Gasteiger partial charge in [0.05, 0.1) is 16.4 Å². The lowest BCUT2D eigenvalue weighted by atomic mass is 10.2. The first kappa shape index (κ1) is 17.3. The Morgan fingerprint density at radius 1 is 1.30 bits per heavy atom. The molecule has 1 aromatic rings. The van der Waals surface area contributed by atoms with Crippen LogP contribution < -0.4 is 5.32 Å². The third-order valence-electron chi connectivity index (χ3n) is 3.21. The van der Waals surface area contributed by atoms with E-state index in [1.165, 1.54) is 0 Å². The molecule has 1 rings (SSSR count). The summed E-state index contributed by atoms with van der Waals surface area (Å²) < 4.78 is 2.02. The van der Waals surface area contributed by atoms with E-state index >= 15 is 0 Å². The van der Waals surface area contributed by atoms with Crippen LogP contribution in [0.4, 0.5) is 0 Å². The van der Waals surface area contributed by atoms with E-state index in [0.717, 1.165) is 55.3 Å².